The third-order valence-electron chi connectivity index (χ3n) is 2.54. The third kappa shape index (κ3) is 3.88. The molecular formula is C14H11ClN2OS. The van der Waals surface area contributed by atoms with Gasteiger partial charge in [0, 0.05) is 27.8 Å². The average molecular weight is 291 g/mol. The first kappa shape index (κ1) is 13.7. The molecule has 0 bridgehead atoms. The highest BCUT2D eigenvalue weighted by molar-refractivity contribution is 7.83. The fourth-order valence-electron chi connectivity index (χ4n) is 1.65. The summed E-state index contributed by atoms with van der Waals surface area (Å²) in [5.74, 6) is 0.798. The van der Waals surface area contributed by atoms with E-state index in [0.29, 0.717) is 22.2 Å². The van der Waals surface area contributed by atoms with Crippen molar-refractivity contribution in [2.75, 3.05) is 0 Å². The molecule has 0 radical (unpaired) electrons. The molecule has 3 nitrogen and oxygen atoms in total. The fourth-order valence-corrected chi connectivity index (χ4v) is 3.18. The number of halogens is 1. The Morgan fingerprint density at radius 3 is 2.79 bits per heavy atom. The van der Waals surface area contributed by atoms with Gasteiger partial charge in [0.05, 0.1) is 5.75 Å². The van der Waals surface area contributed by atoms with Crippen LogP contribution in [0.3, 0.4) is 0 Å². The second kappa shape index (κ2) is 6.46. The third-order valence-corrected chi connectivity index (χ3v) is 4.20. The molecular weight excluding hydrogens is 280 g/mol. The number of benzene rings is 1. The Bertz CT molecular complexity index is 652. The normalized spacial score (nSPS) is 11.8. The highest BCUT2D eigenvalue weighted by Gasteiger charge is 2.07. The molecule has 0 amide bonds. The summed E-state index contributed by atoms with van der Waals surface area (Å²) in [4.78, 5) is 3.88. The van der Waals surface area contributed by atoms with Crippen molar-refractivity contribution in [1.29, 1.82) is 5.26 Å². The maximum atomic E-state index is 12.1. The van der Waals surface area contributed by atoms with E-state index in [4.69, 9.17) is 16.9 Å². The number of hydrogen-bond acceptors (Lipinski definition) is 3. The van der Waals surface area contributed by atoms with Crippen molar-refractivity contribution < 1.29 is 4.21 Å². The van der Waals surface area contributed by atoms with Crippen LogP contribution in [0.2, 0.25) is 5.02 Å². The molecule has 1 aromatic carbocycles. The van der Waals surface area contributed by atoms with E-state index < -0.39 is 10.8 Å². The first-order valence-corrected chi connectivity index (χ1v) is 7.49. The fraction of sp³-hybridized carbons (Fsp3) is 0.143. The first-order chi connectivity index (χ1) is 9.19. The molecule has 2 rings (SSSR count). The summed E-state index contributed by atoms with van der Waals surface area (Å²) in [5, 5.41) is 9.39. The van der Waals surface area contributed by atoms with E-state index >= 15 is 0 Å². The van der Waals surface area contributed by atoms with Crippen LogP contribution in [0.15, 0.2) is 42.6 Å². The maximum Gasteiger partial charge on any atom is 0.140 e. The topological polar surface area (TPSA) is 53.8 Å². The summed E-state index contributed by atoms with van der Waals surface area (Å²) >= 11 is 6.03. The Labute approximate surface area is 119 Å². The van der Waals surface area contributed by atoms with Gasteiger partial charge in [0.2, 0.25) is 0 Å². The van der Waals surface area contributed by atoms with Crippen molar-refractivity contribution in [1.82, 2.24) is 4.98 Å². The quantitative estimate of drug-likeness (QED) is 0.869. The second-order valence-electron chi connectivity index (χ2n) is 3.98. The Morgan fingerprint density at radius 2 is 2.05 bits per heavy atom. The predicted molar refractivity (Wildman–Crippen MR) is 76.0 cm³/mol. The summed E-state index contributed by atoms with van der Waals surface area (Å²) in [5.41, 5.74) is 2.06. The minimum absolute atomic E-state index is 0.340. The molecule has 0 aliphatic carbocycles. The van der Waals surface area contributed by atoms with Crippen LogP contribution in [0.25, 0.3) is 0 Å². The minimum atomic E-state index is -1.06. The van der Waals surface area contributed by atoms with Gasteiger partial charge in [-0.05, 0) is 29.3 Å². The predicted octanol–water partition coefficient (Wildman–Crippen LogP) is 3.06. The van der Waals surface area contributed by atoms with E-state index in [2.05, 4.69) is 4.98 Å². The van der Waals surface area contributed by atoms with Crippen molar-refractivity contribution in [3.05, 3.63) is 64.4 Å². The molecule has 2 aromatic rings. The lowest BCUT2D eigenvalue weighted by molar-refractivity contribution is 0.682. The van der Waals surface area contributed by atoms with Gasteiger partial charge in [0.15, 0.2) is 0 Å². The molecule has 1 unspecified atom stereocenters. The summed E-state index contributed by atoms with van der Waals surface area (Å²) in [6.07, 6.45) is 1.56. The lowest BCUT2D eigenvalue weighted by Crippen LogP contribution is -2.00. The molecule has 5 heteroatoms. The molecule has 0 saturated carbocycles. The van der Waals surface area contributed by atoms with E-state index in [9.17, 15) is 4.21 Å². The molecule has 0 saturated heterocycles. The van der Waals surface area contributed by atoms with E-state index in [1.165, 1.54) is 0 Å². The van der Waals surface area contributed by atoms with Gasteiger partial charge in [0.1, 0.15) is 11.8 Å². The number of hydrogen-bond donors (Lipinski definition) is 0. The van der Waals surface area contributed by atoms with Crippen molar-refractivity contribution >= 4 is 22.4 Å². The molecule has 1 atom stereocenters. The molecule has 19 heavy (non-hydrogen) atoms. The summed E-state index contributed by atoms with van der Waals surface area (Å²) in [6.45, 7) is 0. The van der Waals surface area contributed by atoms with Gasteiger partial charge in [0.25, 0.3) is 0 Å². The van der Waals surface area contributed by atoms with Crippen molar-refractivity contribution in [3.63, 3.8) is 0 Å². The zero-order valence-corrected chi connectivity index (χ0v) is 11.6. The zero-order chi connectivity index (χ0) is 13.7. The summed E-state index contributed by atoms with van der Waals surface area (Å²) in [7, 11) is -1.06. The van der Waals surface area contributed by atoms with E-state index in [1.54, 1.807) is 24.4 Å². The Kier molecular flexibility index (Phi) is 4.67. The van der Waals surface area contributed by atoms with Gasteiger partial charge in [-0.15, -0.1) is 0 Å². The van der Waals surface area contributed by atoms with Crippen molar-refractivity contribution in [2.24, 2.45) is 0 Å². The zero-order valence-electron chi connectivity index (χ0n) is 10.0. The molecule has 96 valence electrons. The lowest BCUT2D eigenvalue weighted by atomic mass is 10.2. The van der Waals surface area contributed by atoms with E-state index in [0.717, 1.165) is 11.1 Å². The summed E-state index contributed by atoms with van der Waals surface area (Å²) < 4.78 is 12.1. The van der Waals surface area contributed by atoms with Crippen molar-refractivity contribution in [3.8, 4) is 6.07 Å². The van der Waals surface area contributed by atoms with Crippen LogP contribution in [0, 0.1) is 11.3 Å². The smallest absolute Gasteiger partial charge is 0.140 e. The Hall–Kier alpha value is -1.70. The monoisotopic (exact) mass is 290 g/mol. The average Bonchev–Trinajstić information content (AvgIpc) is 2.41. The molecule has 1 aromatic heterocycles. The van der Waals surface area contributed by atoms with Crippen LogP contribution in [-0.4, -0.2) is 9.19 Å². The van der Waals surface area contributed by atoms with E-state index in [-0.39, 0.29) is 0 Å². The van der Waals surface area contributed by atoms with Crippen LogP contribution in [0.5, 0.6) is 0 Å². The largest absolute Gasteiger partial charge is 0.259 e. The van der Waals surface area contributed by atoms with Crippen LogP contribution >= 0.6 is 11.6 Å². The SMILES string of the molecule is N#Cc1cc(CS(=O)Cc2ccccc2Cl)ccn1. The molecule has 0 fully saturated rings. The van der Waals surface area contributed by atoms with Gasteiger partial charge >= 0.3 is 0 Å². The molecule has 0 aliphatic heterocycles. The van der Waals surface area contributed by atoms with Crippen LogP contribution in [0.4, 0.5) is 0 Å². The van der Waals surface area contributed by atoms with Gasteiger partial charge in [-0.2, -0.15) is 5.26 Å². The number of pyridine rings is 1. The van der Waals surface area contributed by atoms with Gasteiger partial charge in [-0.1, -0.05) is 29.8 Å². The highest BCUT2D eigenvalue weighted by Crippen LogP contribution is 2.18. The van der Waals surface area contributed by atoms with Gasteiger partial charge in [-0.25, -0.2) is 4.98 Å². The molecule has 1 heterocycles. The van der Waals surface area contributed by atoms with E-state index in [1.807, 2.05) is 24.3 Å². The standard InChI is InChI=1S/C14H11ClN2OS/c15-14-4-2-1-3-12(14)10-19(18)9-11-5-6-17-13(7-11)8-16/h1-7H,9-10H2. The van der Waals surface area contributed by atoms with Gasteiger partial charge < -0.3 is 0 Å². The number of nitriles is 1. The minimum Gasteiger partial charge on any atom is -0.259 e. The lowest BCUT2D eigenvalue weighted by Gasteiger charge is -2.05. The molecule has 0 N–H and O–H groups in total. The Morgan fingerprint density at radius 1 is 1.26 bits per heavy atom. The molecule has 0 spiro atoms. The van der Waals surface area contributed by atoms with Crippen LogP contribution < -0.4 is 0 Å². The van der Waals surface area contributed by atoms with Crippen molar-refractivity contribution in [2.45, 2.75) is 11.5 Å². The Balaban J connectivity index is 2.06. The maximum absolute atomic E-state index is 12.1. The second-order valence-corrected chi connectivity index (χ2v) is 5.85. The van der Waals surface area contributed by atoms with Gasteiger partial charge in [-0.3, -0.25) is 4.21 Å². The van der Waals surface area contributed by atoms with Crippen LogP contribution in [0.1, 0.15) is 16.8 Å². The summed E-state index contributed by atoms with van der Waals surface area (Å²) in [6, 6.07) is 12.8. The highest BCUT2D eigenvalue weighted by atomic mass is 35.5. The van der Waals surface area contributed by atoms with Crippen LogP contribution in [-0.2, 0) is 22.3 Å². The molecule has 0 aliphatic rings. The number of nitrogens with zero attached hydrogens (tertiary/aromatic N) is 2. The first-order valence-electron chi connectivity index (χ1n) is 5.62. The number of rotatable bonds is 4. The number of aromatic nitrogens is 1.